The first kappa shape index (κ1) is 13.2. The predicted octanol–water partition coefficient (Wildman–Crippen LogP) is 1.14. The minimum absolute atomic E-state index is 0.0754. The standard InChI is InChI=1S/C12H22N2O2/c1-8(2)5-9(7-13)14-10(15)6-12(3,4)11(14)16/h8-9H,5-7,13H2,1-4H3. The normalized spacial score (nSPS) is 22.0. The highest BCUT2D eigenvalue weighted by Crippen LogP contribution is 2.33. The van der Waals surface area contributed by atoms with E-state index in [4.69, 9.17) is 5.73 Å². The molecule has 1 fully saturated rings. The Labute approximate surface area is 97.2 Å². The van der Waals surface area contributed by atoms with Gasteiger partial charge in [-0.15, -0.1) is 0 Å². The van der Waals surface area contributed by atoms with Crippen LogP contribution in [0.5, 0.6) is 0 Å². The maximum atomic E-state index is 12.1. The van der Waals surface area contributed by atoms with Gasteiger partial charge in [-0.3, -0.25) is 14.5 Å². The Morgan fingerprint density at radius 3 is 2.25 bits per heavy atom. The summed E-state index contributed by atoms with van der Waals surface area (Å²) in [5.74, 6) is 0.276. The van der Waals surface area contributed by atoms with E-state index in [0.29, 0.717) is 18.9 Å². The van der Waals surface area contributed by atoms with Crippen molar-refractivity contribution < 1.29 is 9.59 Å². The molecule has 4 heteroatoms. The lowest BCUT2D eigenvalue weighted by Gasteiger charge is -2.27. The van der Waals surface area contributed by atoms with Crippen molar-refractivity contribution in [1.29, 1.82) is 0 Å². The first-order chi connectivity index (χ1) is 7.29. The van der Waals surface area contributed by atoms with E-state index < -0.39 is 5.41 Å². The number of rotatable bonds is 4. The first-order valence-corrected chi connectivity index (χ1v) is 5.86. The van der Waals surface area contributed by atoms with Gasteiger partial charge in [0.05, 0.1) is 11.5 Å². The number of imide groups is 1. The monoisotopic (exact) mass is 226 g/mol. The maximum Gasteiger partial charge on any atom is 0.235 e. The summed E-state index contributed by atoms with van der Waals surface area (Å²) in [7, 11) is 0. The quantitative estimate of drug-likeness (QED) is 0.731. The van der Waals surface area contributed by atoms with E-state index in [1.807, 2.05) is 13.8 Å². The van der Waals surface area contributed by atoms with Crippen LogP contribution in [0, 0.1) is 11.3 Å². The lowest BCUT2D eigenvalue weighted by atomic mass is 9.92. The molecule has 0 spiro atoms. The summed E-state index contributed by atoms with van der Waals surface area (Å²) >= 11 is 0. The van der Waals surface area contributed by atoms with Crippen molar-refractivity contribution >= 4 is 11.8 Å². The van der Waals surface area contributed by atoms with E-state index in [1.54, 1.807) is 0 Å². The Morgan fingerprint density at radius 2 is 1.94 bits per heavy atom. The topological polar surface area (TPSA) is 63.4 Å². The van der Waals surface area contributed by atoms with Crippen LogP contribution in [0.25, 0.3) is 0 Å². The van der Waals surface area contributed by atoms with Crippen molar-refractivity contribution in [2.24, 2.45) is 17.1 Å². The summed E-state index contributed by atoms with van der Waals surface area (Å²) in [6.07, 6.45) is 1.09. The SMILES string of the molecule is CC(C)CC(CN)N1C(=O)CC(C)(C)C1=O. The van der Waals surface area contributed by atoms with Gasteiger partial charge in [-0.05, 0) is 12.3 Å². The molecule has 0 aromatic carbocycles. The van der Waals surface area contributed by atoms with Gasteiger partial charge >= 0.3 is 0 Å². The zero-order valence-corrected chi connectivity index (χ0v) is 10.6. The third-order valence-electron chi connectivity index (χ3n) is 3.04. The number of carbonyl (C=O) groups is 2. The smallest absolute Gasteiger partial charge is 0.235 e. The fourth-order valence-electron chi connectivity index (χ4n) is 2.20. The van der Waals surface area contributed by atoms with Gasteiger partial charge in [0.1, 0.15) is 0 Å². The Balaban J connectivity index is 2.86. The largest absolute Gasteiger partial charge is 0.328 e. The van der Waals surface area contributed by atoms with Gasteiger partial charge < -0.3 is 5.73 Å². The molecule has 0 bridgehead atoms. The molecule has 1 aliphatic rings. The van der Waals surface area contributed by atoms with Gasteiger partial charge in [0, 0.05) is 13.0 Å². The number of nitrogens with zero attached hydrogens (tertiary/aromatic N) is 1. The van der Waals surface area contributed by atoms with Crippen LogP contribution in [0.2, 0.25) is 0 Å². The molecule has 92 valence electrons. The fraction of sp³-hybridized carbons (Fsp3) is 0.833. The molecule has 2 N–H and O–H groups in total. The molecule has 1 saturated heterocycles. The Bertz CT molecular complexity index is 297. The zero-order valence-electron chi connectivity index (χ0n) is 10.6. The van der Waals surface area contributed by atoms with E-state index in [0.717, 1.165) is 6.42 Å². The van der Waals surface area contributed by atoms with E-state index >= 15 is 0 Å². The van der Waals surface area contributed by atoms with E-state index in [2.05, 4.69) is 13.8 Å². The number of hydrogen-bond acceptors (Lipinski definition) is 3. The molecule has 0 aromatic heterocycles. The van der Waals surface area contributed by atoms with Crippen LogP contribution in [-0.4, -0.2) is 29.3 Å². The summed E-state index contributed by atoms with van der Waals surface area (Å²) in [5, 5.41) is 0. The highest BCUT2D eigenvalue weighted by atomic mass is 16.2. The second kappa shape index (κ2) is 4.53. The Kier molecular flexibility index (Phi) is 3.73. The molecule has 0 saturated carbocycles. The summed E-state index contributed by atoms with van der Waals surface area (Å²) in [6, 6.07) is -0.137. The molecule has 0 aliphatic carbocycles. The molecule has 1 aliphatic heterocycles. The maximum absolute atomic E-state index is 12.1. The van der Waals surface area contributed by atoms with Gasteiger partial charge in [-0.25, -0.2) is 0 Å². The second-order valence-electron chi connectivity index (χ2n) is 5.65. The second-order valence-corrected chi connectivity index (χ2v) is 5.65. The summed E-state index contributed by atoms with van der Waals surface area (Å²) in [5.41, 5.74) is 5.11. The minimum atomic E-state index is -0.554. The molecule has 0 aromatic rings. The van der Waals surface area contributed by atoms with Crippen molar-refractivity contribution in [3.8, 4) is 0 Å². The van der Waals surface area contributed by atoms with Crippen molar-refractivity contribution in [2.75, 3.05) is 6.54 Å². The number of likely N-dealkylation sites (tertiary alicyclic amines) is 1. The Morgan fingerprint density at radius 1 is 1.38 bits per heavy atom. The van der Waals surface area contributed by atoms with Gasteiger partial charge in [0.2, 0.25) is 11.8 Å². The number of carbonyl (C=O) groups excluding carboxylic acids is 2. The van der Waals surface area contributed by atoms with Crippen molar-refractivity contribution in [3.05, 3.63) is 0 Å². The van der Waals surface area contributed by atoms with Gasteiger partial charge in [0.25, 0.3) is 0 Å². The van der Waals surface area contributed by atoms with E-state index in [1.165, 1.54) is 4.90 Å². The lowest BCUT2D eigenvalue weighted by Crippen LogP contribution is -2.46. The molecule has 1 heterocycles. The average Bonchev–Trinajstić information content (AvgIpc) is 2.33. The van der Waals surface area contributed by atoms with Crippen LogP contribution < -0.4 is 5.73 Å². The molecule has 1 atom stereocenters. The van der Waals surface area contributed by atoms with Gasteiger partial charge in [-0.1, -0.05) is 27.7 Å². The Hall–Kier alpha value is -0.900. The third kappa shape index (κ3) is 2.43. The van der Waals surface area contributed by atoms with Crippen LogP contribution in [0.4, 0.5) is 0 Å². The molecule has 16 heavy (non-hydrogen) atoms. The highest BCUT2D eigenvalue weighted by molar-refractivity contribution is 6.05. The predicted molar refractivity (Wildman–Crippen MR) is 62.5 cm³/mol. The van der Waals surface area contributed by atoms with Crippen LogP contribution in [0.1, 0.15) is 40.5 Å². The minimum Gasteiger partial charge on any atom is -0.328 e. The van der Waals surface area contributed by atoms with Crippen molar-refractivity contribution in [2.45, 2.75) is 46.6 Å². The van der Waals surface area contributed by atoms with Crippen molar-refractivity contribution in [3.63, 3.8) is 0 Å². The summed E-state index contributed by atoms with van der Waals surface area (Å²) in [4.78, 5) is 25.3. The molecule has 1 unspecified atom stereocenters. The highest BCUT2D eigenvalue weighted by Gasteiger charge is 2.47. The third-order valence-corrected chi connectivity index (χ3v) is 3.04. The van der Waals surface area contributed by atoms with Crippen LogP contribution in [-0.2, 0) is 9.59 Å². The summed E-state index contributed by atoms with van der Waals surface area (Å²) < 4.78 is 0. The van der Waals surface area contributed by atoms with E-state index in [9.17, 15) is 9.59 Å². The number of hydrogen-bond donors (Lipinski definition) is 1. The molecule has 2 amide bonds. The lowest BCUT2D eigenvalue weighted by molar-refractivity contribution is -0.143. The molecular weight excluding hydrogens is 204 g/mol. The molecule has 1 rings (SSSR count). The van der Waals surface area contributed by atoms with Crippen LogP contribution >= 0.6 is 0 Å². The molecule has 4 nitrogen and oxygen atoms in total. The van der Waals surface area contributed by atoms with E-state index in [-0.39, 0.29) is 17.9 Å². The van der Waals surface area contributed by atoms with Crippen LogP contribution in [0.15, 0.2) is 0 Å². The summed E-state index contributed by atoms with van der Waals surface area (Å²) in [6.45, 7) is 8.12. The number of nitrogens with two attached hydrogens (primary N) is 1. The van der Waals surface area contributed by atoms with Gasteiger partial charge in [0.15, 0.2) is 0 Å². The zero-order chi connectivity index (χ0) is 12.5. The fourth-order valence-corrected chi connectivity index (χ4v) is 2.20. The number of amides is 2. The first-order valence-electron chi connectivity index (χ1n) is 5.86. The van der Waals surface area contributed by atoms with Crippen molar-refractivity contribution in [1.82, 2.24) is 4.90 Å². The molecule has 0 radical (unpaired) electrons. The van der Waals surface area contributed by atoms with Gasteiger partial charge in [-0.2, -0.15) is 0 Å². The average molecular weight is 226 g/mol. The molecular formula is C12H22N2O2. The van der Waals surface area contributed by atoms with Crippen LogP contribution in [0.3, 0.4) is 0 Å².